The smallest absolute Gasteiger partial charge is 0.247 e. The average Bonchev–Trinajstić information content (AvgIpc) is 3.08. The van der Waals surface area contributed by atoms with Crippen molar-refractivity contribution in [3.05, 3.63) is 18.7 Å². The van der Waals surface area contributed by atoms with Gasteiger partial charge in [-0.25, -0.2) is 4.98 Å². The Labute approximate surface area is 131 Å². The van der Waals surface area contributed by atoms with Crippen LogP contribution in [0.5, 0.6) is 0 Å². The number of halogens is 2. The minimum Gasteiger partial charge on any atom is -0.354 e. The number of rotatable bonds is 4. The van der Waals surface area contributed by atoms with Crippen LogP contribution in [0.25, 0.3) is 0 Å². The molecule has 1 atom stereocenters. The fraction of sp³-hybridized carbons (Fsp3) is 0.692. The zero-order valence-corrected chi connectivity index (χ0v) is 13.0. The molecular formula is C13H22Cl2N4O. The summed E-state index contributed by atoms with van der Waals surface area (Å²) in [6, 6.07) is 0. The molecule has 1 saturated carbocycles. The SMILES string of the molecule is Cl.Cl.O=C(NCC1CC1)C1(n2ccnc2)CCCNC1. The highest BCUT2D eigenvalue weighted by atomic mass is 35.5. The quantitative estimate of drug-likeness (QED) is 0.880. The summed E-state index contributed by atoms with van der Waals surface area (Å²) >= 11 is 0. The van der Waals surface area contributed by atoms with E-state index in [-0.39, 0.29) is 30.7 Å². The van der Waals surface area contributed by atoms with Gasteiger partial charge in [0.2, 0.25) is 5.91 Å². The molecule has 0 aromatic carbocycles. The lowest BCUT2D eigenvalue weighted by Crippen LogP contribution is -2.57. The first-order chi connectivity index (χ1) is 8.81. The van der Waals surface area contributed by atoms with Crippen molar-refractivity contribution < 1.29 is 4.79 Å². The lowest BCUT2D eigenvalue weighted by molar-refractivity contribution is -0.131. The van der Waals surface area contributed by atoms with Gasteiger partial charge < -0.3 is 15.2 Å². The molecule has 5 nitrogen and oxygen atoms in total. The number of carbonyl (C=O) groups is 1. The van der Waals surface area contributed by atoms with Gasteiger partial charge in [-0.3, -0.25) is 4.79 Å². The van der Waals surface area contributed by atoms with Gasteiger partial charge in [0.25, 0.3) is 0 Å². The molecule has 2 heterocycles. The van der Waals surface area contributed by atoms with Gasteiger partial charge in [-0.1, -0.05) is 0 Å². The van der Waals surface area contributed by atoms with Crippen molar-refractivity contribution in [2.45, 2.75) is 31.2 Å². The third kappa shape index (κ3) is 3.45. The highest BCUT2D eigenvalue weighted by molar-refractivity contribution is 5.86. The molecule has 114 valence electrons. The maximum atomic E-state index is 12.6. The maximum absolute atomic E-state index is 12.6. The molecule has 1 aliphatic carbocycles. The first-order valence-corrected chi connectivity index (χ1v) is 6.79. The second kappa shape index (κ2) is 7.29. The molecule has 1 aromatic heterocycles. The Hall–Kier alpha value is -0.780. The Morgan fingerprint density at radius 3 is 2.80 bits per heavy atom. The third-order valence-corrected chi connectivity index (χ3v) is 4.03. The Kier molecular flexibility index (Phi) is 6.30. The monoisotopic (exact) mass is 320 g/mol. The van der Waals surface area contributed by atoms with E-state index >= 15 is 0 Å². The van der Waals surface area contributed by atoms with Crippen molar-refractivity contribution in [3.8, 4) is 0 Å². The predicted octanol–water partition coefficient (Wildman–Crippen LogP) is 1.33. The lowest BCUT2D eigenvalue weighted by atomic mass is 9.88. The largest absolute Gasteiger partial charge is 0.354 e. The molecule has 3 rings (SSSR count). The van der Waals surface area contributed by atoms with Crippen molar-refractivity contribution in [1.29, 1.82) is 0 Å². The summed E-state index contributed by atoms with van der Waals surface area (Å²) in [7, 11) is 0. The molecule has 1 unspecified atom stereocenters. The standard InChI is InChI=1S/C13H20N4O.2ClH/c18-12(16-8-11-2-3-11)13(4-1-5-14-9-13)17-7-6-15-10-17;;/h6-7,10-11,14H,1-5,8-9H2,(H,16,18);2*1H. The summed E-state index contributed by atoms with van der Waals surface area (Å²) < 4.78 is 1.96. The molecule has 0 radical (unpaired) electrons. The van der Waals surface area contributed by atoms with Gasteiger partial charge in [-0.05, 0) is 38.1 Å². The first kappa shape index (κ1) is 17.3. The highest BCUT2D eigenvalue weighted by Crippen LogP contribution is 2.29. The molecule has 1 saturated heterocycles. The maximum Gasteiger partial charge on any atom is 0.247 e. The Morgan fingerprint density at radius 2 is 2.25 bits per heavy atom. The van der Waals surface area contributed by atoms with Crippen molar-refractivity contribution >= 4 is 30.7 Å². The second-order valence-corrected chi connectivity index (χ2v) is 5.44. The summed E-state index contributed by atoms with van der Waals surface area (Å²) in [4.78, 5) is 16.6. The van der Waals surface area contributed by atoms with Gasteiger partial charge in [0, 0.05) is 25.5 Å². The molecule has 2 N–H and O–H groups in total. The summed E-state index contributed by atoms with van der Waals surface area (Å²) in [6.45, 7) is 2.52. The van der Waals surface area contributed by atoms with Gasteiger partial charge >= 0.3 is 0 Å². The molecule has 0 bridgehead atoms. The number of amides is 1. The van der Waals surface area contributed by atoms with Crippen LogP contribution < -0.4 is 10.6 Å². The molecule has 1 amide bonds. The van der Waals surface area contributed by atoms with Crippen molar-refractivity contribution in [3.63, 3.8) is 0 Å². The molecule has 2 aliphatic rings. The Bertz CT molecular complexity index is 414. The summed E-state index contributed by atoms with van der Waals surface area (Å²) in [5.41, 5.74) is -0.482. The fourth-order valence-corrected chi connectivity index (χ4v) is 2.66. The zero-order valence-electron chi connectivity index (χ0n) is 11.4. The molecular weight excluding hydrogens is 299 g/mol. The minimum absolute atomic E-state index is 0. The molecule has 0 spiro atoms. The summed E-state index contributed by atoms with van der Waals surface area (Å²) in [5.74, 6) is 0.852. The Balaban J connectivity index is 0.000001000. The van der Waals surface area contributed by atoms with Crippen LogP contribution in [0, 0.1) is 5.92 Å². The summed E-state index contributed by atoms with van der Waals surface area (Å²) in [6.07, 6.45) is 9.81. The van der Waals surface area contributed by atoms with Crippen LogP contribution in [0.3, 0.4) is 0 Å². The lowest BCUT2D eigenvalue weighted by Gasteiger charge is -2.37. The van der Waals surface area contributed by atoms with E-state index in [0.29, 0.717) is 12.5 Å². The van der Waals surface area contributed by atoms with Crippen LogP contribution in [-0.4, -0.2) is 35.1 Å². The number of nitrogens with one attached hydrogen (secondary N) is 2. The van der Waals surface area contributed by atoms with Gasteiger partial charge in [0.1, 0.15) is 5.54 Å². The topological polar surface area (TPSA) is 59.0 Å². The van der Waals surface area contributed by atoms with E-state index in [1.165, 1.54) is 12.8 Å². The van der Waals surface area contributed by atoms with E-state index in [0.717, 1.165) is 25.9 Å². The van der Waals surface area contributed by atoms with Crippen LogP contribution in [-0.2, 0) is 10.3 Å². The van der Waals surface area contributed by atoms with E-state index in [9.17, 15) is 4.79 Å². The number of nitrogens with zero attached hydrogens (tertiary/aromatic N) is 2. The average molecular weight is 321 g/mol. The number of piperidine rings is 1. The van der Waals surface area contributed by atoms with E-state index in [2.05, 4.69) is 15.6 Å². The molecule has 2 fully saturated rings. The van der Waals surface area contributed by atoms with Crippen molar-refractivity contribution in [2.75, 3.05) is 19.6 Å². The number of hydrogen-bond donors (Lipinski definition) is 2. The zero-order chi connectivity index (χ0) is 12.4. The second-order valence-electron chi connectivity index (χ2n) is 5.44. The van der Waals surface area contributed by atoms with Crippen LogP contribution in [0.2, 0.25) is 0 Å². The normalized spacial score (nSPS) is 25.2. The van der Waals surface area contributed by atoms with Crippen LogP contribution >= 0.6 is 24.8 Å². The van der Waals surface area contributed by atoms with Gasteiger partial charge in [-0.2, -0.15) is 0 Å². The highest BCUT2D eigenvalue weighted by Gasteiger charge is 2.41. The van der Waals surface area contributed by atoms with E-state index in [1.807, 2.05) is 10.8 Å². The van der Waals surface area contributed by atoms with E-state index in [1.54, 1.807) is 12.5 Å². The molecule has 20 heavy (non-hydrogen) atoms. The van der Waals surface area contributed by atoms with E-state index < -0.39 is 5.54 Å². The summed E-state index contributed by atoms with van der Waals surface area (Å²) in [5, 5.41) is 6.45. The van der Waals surface area contributed by atoms with Crippen LogP contribution in [0.15, 0.2) is 18.7 Å². The molecule has 1 aromatic rings. The fourth-order valence-electron chi connectivity index (χ4n) is 2.66. The van der Waals surface area contributed by atoms with Gasteiger partial charge in [0.15, 0.2) is 0 Å². The molecule has 1 aliphatic heterocycles. The number of aromatic nitrogens is 2. The number of imidazole rings is 1. The van der Waals surface area contributed by atoms with Gasteiger partial charge in [0.05, 0.1) is 6.33 Å². The van der Waals surface area contributed by atoms with Crippen molar-refractivity contribution in [2.24, 2.45) is 5.92 Å². The Morgan fingerprint density at radius 1 is 1.45 bits per heavy atom. The minimum atomic E-state index is -0.482. The third-order valence-electron chi connectivity index (χ3n) is 4.03. The molecule has 7 heteroatoms. The predicted molar refractivity (Wildman–Crippen MR) is 82.5 cm³/mol. The van der Waals surface area contributed by atoms with Crippen molar-refractivity contribution in [1.82, 2.24) is 20.2 Å². The number of carbonyl (C=O) groups excluding carboxylic acids is 1. The van der Waals surface area contributed by atoms with E-state index in [4.69, 9.17) is 0 Å². The number of hydrogen-bond acceptors (Lipinski definition) is 3. The van der Waals surface area contributed by atoms with Crippen LogP contribution in [0.1, 0.15) is 25.7 Å². The first-order valence-electron chi connectivity index (χ1n) is 6.79. The van der Waals surface area contributed by atoms with Gasteiger partial charge in [-0.15, -0.1) is 24.8 Å². The van der Waals surface area contributed by atoms with Crippen LogP contribution in [0.4, 0.5) is 0 Å².